The summed E-state index contributed by atoms with van der Waals surface area (Å²) < 4.78 is 0. The highest BCUT2D eigenvalue weighted by Gasteiger charge is 2.26. The van der Waals surface area contributed by atoms with Crippen LogP contribution in [0.25, 0.3) is 0 Å². The van der Waals surface area contributed by atoms with Crippen LogP contribution in [0.5, 0.6) is 0 Å². The lowest BCUT2D eigenvalue weighted by molar-refractivity contribution is -0.138. The molecule has 1 heterocycles. The normalized spacial score (nSPS) is 15.6. The summed E-state index contributed by atoms with van der Waals surface area (Å²) in [4.78, 5) is 29.7. The maximum Gasteiger partial charge on any atom is 0.317 e. The summed E-state index contributed by atoms with van der Waals surface area (Å²) >= 11 is 0. The Kier molecular flexibility index (Phi) is 9.77. The van der Waals surface area contributed by atoms with Crippen LogP contribution in [0.1, 0.15) is 32.3 Å². The SMILES string of the molecule is CC(C)N(Cc1ccccc1)C(=O)CN1CCC(N(C)CC(=O)O)CC1.Cl. The molecule has 0 aromatic heterocycles. The highest BCUT2D eigenvalue weighted by atomic mass is 35.5. The molecule has 1 aliphatic rings. The number of likely N-dealkylation sites (tertiary alicyclic amines) is 1. The van der Waals surface area contributed by atoms with E-state index < -0.39 is 5.97 Å². The van der Waals surface area contributed by atoms with Crippen molar-refractivity contribution >= 4 is 24.3 Å². The van der Waals surface area contributed by atoms with Gasteiger partial charge in [-0.15, -0.1) is 12.4 Å². The summed E-state index contributed by atoms with van der Waals surface area (Å²) in [6, 6.07) is 10.5. The molecule has 0 spiro atoms. The standard InChI is InChI=1S/C20H31N3O3.ClH/c1-16(2)23(13-17-7-5-4-6-8-17)19(24)14-22-11-9-18(10-12-22)21(3)15-20(25)26;/h4-8,16,18H,9-15H2,1-3H3,(H,25,26);1H. The lowest BCUT2D eigenvalue weighted by atomic mass is 10.0. The Morgan fingerprint density at radius 1 is 1.19 bits per heavy atom. The molecule has 0 aliphatic carbocycles. The number of hydrogen-bond donors (Lipinski definition) is 1. The number of halogens is 1. The number of carboxylic acids is 1. The van der Waals surface area contributed by atoms with Crippen molar-refractivity contribution < 1.29 is 14.7 Å². The van der Waals surface area contributed by atoms with Crippen molar-refractivity contribution in [3.63, 3.8) is 0 Å². The van der Waals surface area contributed by atoms with Crippen molar-refractivity contribution in [2.24, 2.45) is 0 Å². The maximum atomic E-state index is 12.8. The Bertz CT molecular complexity index is 589. The van der Waals surface area contributed by atoms with Crippen LogP contribution in [0, 0.1) is 0 Å². The van der Waals surface area contributed by atoms with Gasteiger partial charge in [0.25, 0.3) is 0 Å². The highest BCUT2D eigenvalue weighted by Crippen LogP contribution is 2.16. The number of amides is 1. The van der Waals surface area contributed by atoms with Gasteiger partial charge >= 0.3 is 5.97 Å². The van der Waals surface area contributed by atoms with Gasteiger partial charge in [0.05, 0.1) is 13.1 Å². The molecule has 1 N–H and O–H groups in total. The third-order valence-electron chi connectivity index (χ3n) is 5.06. The number of benzene rings is 1. The molecular weight excluding hydrogens is 366 g/mol. The summed E-state index contributed by atoms with van der Waals surface area (Å²) in [5.74, 6) is -0.639. The van der Waals surface area contributed by atoms with Gasteiger partial charge in [0.15, 0.2) is 0 Å². The fourth-order valence-electron chi connectivity index (χ4n) is 3.48. The zero-order valence-electron chi connectivity index (χ0n) is 16.5. The summed E-state index contributed by atoms with van der Waals surface area (Å²) in [6.07, 6.45) is 1.80. The second-order valence-electron chi connectivity index (χ2n) is 7.42. The summed E-state index contributed by atoms with van der Waals surface area (Å²) in [7, 11) is 1.86. The molecule has 152 valence electrons. The fourth-order valence-corrected chi connectivity index (χ4v) is 3.48. The molecule has 0 bridgehead atoms. The lowest BCUT2D eigenvalue weighted by Gasteiger charge is -2.37. The van der Waals surface area contributed by atoms with Crippen molar-refractivity contribution in [3.05, 3.63) is 35.9 Å². The molecule has 1 fully saturated rings. The number of carbonyl (C=O) groups excluding carboxylic acids is 1. The first-order valence-electron chi connectivity index (χ1n) is 9.34. The average Bonchev–Trinajstić information content (AvgIpc) is 2.60. The van der Waals surface area contributed by atoms with Crippen LogP contribution in [0.15, 0.2) is 30.3 Å². The van der Waals surface area contributed by atoms with Gasteiger partial charge in [0.1, 0.15) is 0 Å². The second kappa shape index (κ2) is 11.3. The molecule has 1 amide bonds. The molecule has 27 heavy (non-hydrogen) atoms. The molecule has 1 aliphatic heterocycles. The second-order valence-corrected chi connectivity index (χ2v) is 7.42. The smallest absolute Gasteiger partial charge is 0.317 e. The fraction of sp³-hybridized carbons (Fsp3) is 0.600. The molecule has 0 saturated carbocycles. The molecule has 0 atom stereocenters. The lowest BCUT2D eigenvalue weighted by Crippen LogP contribution is -2.49. The number of nitrogens with zero attached hydrogens (tertiary/aromatic N) is 3. The van der Waals surface area contributed by atoms with E-state index in [4.69, 9.17) is 5.11 Å². The van der Waals surface area contributed by atoms with Gasteiger partial charge in [-0.3, -0.25) is 19.4 Å². The summed E-state index contributed by atoms with van der Waals surface area (Å²) in [5, 5.41) is 8.92. The van der Waals surface area contributed by atoms with E-state index in [1.54, 1.807) is 0 Å². The van der Waals surface area contributed by atoms with E-state index in [1.165, 1.54) is 0 Å². The number of carboxylic acid groups (broad SMARTS) is 1. The first-order valence-corrected chi connectivity index (χ1v) is 9.34. The number of likely N-dealkylation sites (N-methyl/N-ethyl adjacent to an activating group) is 1. The number of piperidine rings is 1. The average molecular weight is 398 g/mol. The number of carbonyl (C=O) groups is 2. The zero-order valence-corrected chi connectivity index (χ0v) is 17.3. The van der Waals surface area contributed by atoms with E-state index in [1.807, 2.05) is 61.0 Å². The third kappa shape index (κ3) is 7.48. The van der Waals surface area contributed by atoms with Crippen LogP contribution >= 0.6 is 12.4 Å². The Balaban J connectivity index is 0.00000364. The van der Waals surface area contributed by atoms with E-state index in [0.717, 1.165) is 31.5 Å². The molecule has 6 nitrogen and oxygen atoms in total. The number of rotatable bonds is 8. The van der Waals surface area contributed by atoms with Gasteiger partial charge in [-0.2, -0.15) is 0 Å². The topological polar surface area (TPSA) is 64.1 Å². The van der Waals surface area contributed by atoms with Gasteiger partial charge in [-0.25, -0.2) is 0 Å². The molecular formula is C20H32ClN3O3. The van der Waals surface area contributed by atoms with Crippen molar-refractivity contribution in [2.75, 3.05) is 33.2 Å². The number of aliphatic carboxylic acids is 1. The first kappa shape index (κ1) is 23.4. The van der Waals surface area contributed by atoms with E-state index in [-0.39, 0.29) is 36.9 Å². The summed E-state index contributed by atoms with van der Waals surface area (Å²) in [5.41, 5.74) is 1.14. The quantitative estimate of drug-likeness (QED) is 0.729. The minimum absolute atomic E-state index is 0. The van der Waals surface area contributed by atoms with E-state index in [2.05, 4.69) is 4.90 Å². The van der Waals surface area contributed by atoms with Gasteiger partial charge < -0.3 is 10.0 Å². The van der Waals surface area contributed by atoms with Crippen molar-refractivity contribution in [2.45, 2.75) is 45.3 Å². The van der Waals surface area contributed by atoms with Gasteiger partial charge in [0.2, 0.25) is 5.91 Å². The molecule has 1 aromatic carbocycles. The third-order valence-corrected chi connectivity index (χ3v) is 5.06. The number of hydrogen-bond acceptors (Lipinski definition) is 4. The van der Waals surface area contributed by atoms with E-state index in [9.17, 15) is 9.59 Å². The minimum atomic E-state index is -0.793. The van der Waals surface area contributed by atoms with Crippen molar-refractivity contribution in [3.8, 4) is 0 Å². The summed E-state index contributed by atoms with van der Waals surface area (Å²) in [6.45, 7) is 6.90. The van der Waals surface area contributed by atoms with Crippen LogP contribution in [0.4, 0.5) is 0 Å². The molecule has 0 unspecified atom stereocenters. The predicted octanol–water partition coefficient (Wildman–Crippen LogP) is 2.33. The first-order chi connectivity index (χ1) is 12.4. The van der Waals surface area contributed by atoms with Gasteiger partial charge in [0, 0.05) is 31.7 Å². The largest absolute Gasteiger partial charge is 0.480 e. The van der Waals surface area contributed by atoms with E-state index in [0.29, 0.717) is 13.1 Å². The van der Waals surface area contributed by atoms with Crippen LogP contribution in [-0.2, 0) is 16.1 Å². The highest BCUT2D eigenvalue weighted by molar-refractivity contribution is 5.85. The molecule has 0 radical (unpaired) electrons. The zero-order chi connectivity index (χ0) is 19.1. The van der Waals surface area contributed by atoms with Crippen LogP contribution in [0.2, 0.25) is 0 Å². The molecule has 7 heteroatoms. The Morgan fingerprint density at radius 2 is 1.78 bits per heavy atom. The molecule has 2 rings (SSSR count). The van der Waals surface area contributed by atoms with Gasteiger partial charge in [-0.05, 0) is 39.3 Å². The van der Waals surface area contributed by atoms with E-state index >= 15 is 0 Å². The Hall–Kier alpha value is -1.63. The minimum Gasteiger partial charge on any atom is -0.480 e. The molecule has 1 aromatic rings. The molecule has 1 saturated heterocycles. The predicted molar refractivity (Wildman–Crippen MR) is 109 cm³/mol. The van der Waals surface area contributed by atoms with Gasteiger partial charge in [-0.1, -0.05) is 30.3 Å². The maximum absolute atomic E-state index is 12.8. The van der Waals surface area contributed by atoms with Crippen molar-refractivity contribution in [1.82, 2.24) is 14.7 Å². The van der Waals surface area contributed by atoms with Crippen LogP contribution < -0.4 is 0 Å². The van der Waals surface area contributed by atoms with Crippen LogP contribution in [-0.4, -0.2) is 77.0 Å². The Morgan fingerprint density at radius 3 is 2.30 bits per heavy atom. The monoisotopic (exact) mass is 397 g/mol. The van der Waals surface area contributed by atoms with Crippen molar-refractivity contribution in [1.29, 1.82) is 0 Å². The van der Waals surface area contributed by atoms with Crippen LogP contribution in [0.3, 0.4) is 0 Å². The Labute approximate surface area is 168 Å².